The molecule has 0 aromatic carbocycles. The number of hydrogen-bond donors (Lipinski definition) is 0. The van der Waals surface area contributed by atoms with Crippen LogP contribution < -0.4 is 0 Å². The lowest BCUT2D eigenvalue weighted by atomic mass is 10.2. The average Bonchev–Trinajstić information content (AvgIpc) is 1.60. The normalized spacial score (nSPS) is 14.5. The average molecular weight is 222 g/mol. The van der Waals surface area contributed by atoms with Crippen LogP contribution in [-0.2, 0) is 0 Å². The molecule has 60 valence electrons. The van der Waals surface area contributed by atoms with Crippen LogP contribution in [0, 0.1) is 5.92 Å². The fourth-order valence-electron chi connectivity index (χ4n) is 0.323. The van der Waals surface area contributed by atoms with Gasteiger partial charge in [0.2, 0.25) is 3.79 Å². The molecule has 0 heterocycles. The maximum absolute atomic E-state index is 5.71. The summed E-state index contributed by atoms with van der Waals surface area (Å²) in [6.45, 7) is 3.85. The summed E-state index contributed by atoms with van der Waals surface area (Å²) in [6, 6.07) is 0. The first-order valence-corrected chi connectivity index (χ1v) is 4.29. The highest BCUT2D eigenvalue weighted by molar-refractivity contribution is 6.69. The van der Waals surface area contributed by atoms with Gasteiger partial charge in [-0.3, -0.25) is 0 Å². The lowest BCUT2D eigenvalue weighted by Crippen LogP contribution is -1.98. The van der Waals surface area contributed by atoms with Crippen LogP contribution >= 0.6 is 46.4 Å². The fraction of sp³-hybridized carbons (Fsp3) is 0.667. The van der Waals surface area contributed by atoms with Gasteiger partial charge in [-0.15, -0.1) is 0 Å². The molecule has 0 spiro atoms. The minimum absolute atomic E-state index is 0.206. The van der Waals surface area contributed by atoms with E-state index in [2.05, 4.69) is 0 Å². The van der Waals surface area contributed by atoms with Crippen LogP contribution in [0.1, 0.15) is 13.8 Å². The predicted octanol–water partition coefficient (Wildman–Crippen LogP) is 4.14. The Morgan fingerprint density at radius 3 is 1.80 bits per heavy atom. The third kappa shape index (κ3) is 5.67. The summed E-state index contributed by atoms with van der Waals surface area (Å²) in [5, 5.41) is 0.569. The molecule has 0 saturated carbocycles. The molecular weight excluding hydrogens is 214 g/mol. The fourth-order valence-corrected chi connectivity index (χ4v) is 1.01. The number of allylic oxidation sites excluding steroid dienone is 2. The van der Waals surface area contributed by atoms with E-state index in [1.54, 1.807) is 0 Å². The molecule has 0 rings (SSSR count). The van der Waals surface area contributed by atoms with Gasteiger partial charge in [-0.05, 0) is 12.0 Å². The van der Waals surface area contributed by atoms with Crippen LogP contribution in [0.3, 0.4) is 0 Å². The summed E-state index contributed by atoms with van der Waals surface area (Å²) in [7, 11) is 0. The van der Waals surface area contributed by atoms with Crippen molar-refractivity contribution in [1.82, 2.24) is 0 Å². The second-order valence-electron chi connectivity index (χ2n) is 2.23. The van der Waals surface area contributed by atoms with Crippen molar-refractivity contribution >= 4 is 46.4 Å². The van der Waals surface area contributed by atoms with E-state index in [0.717, 1.165) is 0 Å². The molecule has 0 fully saturated rings. The van der Waals surface area contributed by atoms with Gasteiger partial charge >= 0.3 is 0 Å². The summed E-state index contributed by atoms with van der Waals surface area (Å²) in [4.78, 5) is 0. The second kappa shape index (κ2) is 4.06. The van der Waals surface area contributed by atoms with Crippen molar-refractivity contribution in [3.63, 3.8) is 0 Å². The Morgan fingerprint density at radius 2 is 1.70 bits per heavy atom. The Balaban J connectivity index is 4.17. The topological polar surface area (TPSA) is 0 Å². The van der Waals surface area contributed by atoms with E-state index in [0.29, 0.717) is 5.03 Å². The first-order chi connectivity index (χ1) is 4.33. The van der Waals surface area contributed by atoms with Gasteiger partial charge in [0.25, 0.3) is 0 Å². The van der Waals surface area contributed by atoms with Crippen LogP contribution in [0.5, 0.6) is 0 Å². The highest BCUT2D eigenvalue weighted by atomic mass is 35.6. The third-order valence-corrected chi connectivity index (χ3v) is 1.73. The van der Waals surface area contributed by atoms with Gasteiger partial charge in [-0.2, -0.15) is 0 Å². The third-order valence-electron chi connectivity index (χ3n) is 0.853. The molecule has 0 unspecified atom stereocenters. The maximum Gasteiger partial charge on any atom is 0.210 e. The van der Waals surface area contributed by atoms with Gasteiger partial charge in [0.15, 0.2) is 0 Å². The highest BCUT2D eigenvalue weighted by Crippen LogP contribution is 2.31. The Kier molecular flexibility index (Phi) is 4.42. The second-order valence-corrected chi connectivity index (χ2v) is 5.03. The summed E-state index contributed by atoms with van der Waals surface area (Å²) in [5.41, 5.74) is 0. The van der Waals surface area contributed by atoms with E-state index in [-0.39, 0.29) is 5.92 Å². The van der Waals surface area contributed by atoms with E-state index in [1.807, 2.05) is 13.8 Å². The molecule has 4 heteroatoms. The van der Waals surface area contributed by atoms with Gasteiger partial charge in [0.1, 0.15) is 0 Å². The van der Waals surface area contributed by atoms with Gasteiger partial charge in [-0.25, -0.2) is 0 Å². The molecule has 0 aromatic rings. The molecule has 0 N–H and O–H groups in total. The van der Waals surface area contributed by atoms with Crippen LogP contribution in [-0.4, -0.2) is 3.79 Å². The zero-order valence-corrected chi connectivity index (χ0v) is 8.69. The minimum Gasteiger partial charge on any atom is -0.0891 e. The van der Waals surface area contributed by atoms with Crippen molar-refractivity contribution < 1.29 is 0 Å². The van der Waals surface area contributed by atoms with E-state index < -0.39 is 3.79 Å². The van der Waals surface area contributed by atoms with Crippen LogP contribution in [0.25, 0.3) is 0 Å². The molecule has 0 amide bonds. The maximum atomic E-state index is 5.71. The van der Waals surface area contributed by atoms with E-state index >= 15 is 0 Å². The first kappa shape index (κ1) is 10.9. The molecule has 10 heavy (non-hydrogen) atoms. The SMILES string of the molecule is CC(C)C(Cl)=CC(Cl)(Cl)Cl. The molecular formula is C6H8Cl4. The van der Waals surface area contributed by atoms with E-state index in [1.165, 1.54) is 6.08 Å². The van der Waals surface area contributed by atoms with Crippen molar-refractivity contribution in [2.24, 2.45) is 5.92 Å². The molecule has 0 saturated heterocycles. The van der Waals surface area contributed by atoms with Gasteiger partial charge < -0.3 is 0 Å². The lowest BCUT2D eigenvalue weighted by Gasteiger charge is -2.07. The Morgan fingerprint density at radius 1 is 1.30 bits per heavy atom. The zero-order chi connectivity index (χ0) is 8.36. The number of rotatable bonds is 1. The Hall–Kier alpha value is 0.900. The van der Waals surface area contributed by atoms with Crippen LogP contribution in [0.15, 0.2) is 11.1 Å². The first-order valence-electron chi connectivity index (χ1n) is 2.78. The quantitative estimate of drug-likeness (QED) is 0.585. The largest absolute Gasteiger partial charge is 0.210 e. The molecule has 0 aliphatic carbocycles. The minimum atomic E-state index is -1.37. The van der Waals surface area contributed by atoms with Crippen LogP contribution in [0.4, 0.5) is 0 Å². The van der Waals surface area contributed by atoms with Crippen molar-refractivity contribution in [2.45, 2.75) is 17.6 Å². The number of halogens is 4. The van der Waals surface area contributed by atoms with Gasteiger partial charge in [0.05, 0.1) is 0 Å². The standard InChI is InChI=1S/C6H8Cl4/c1-4(2)5(7)3-6(8,9)10/h3-4H,1-2H3. The summed E-state index contributed by atoms with van der Waals surface area (Å²) in [6.07, 6.45) is 1.41. The lowest BCUT2D eigenvalue weighted by molar-refractivity contribution is 0.809. The smallest absolute Gasteiger partial charge is 0.0891 e. The molecule has 0 atom stereocenters. The van der Waals surface area contributed by atoms with E-state index in [4.69, 9.17) is 46.4 Å². The monoisotopic (exact) mass is 220 g/mol. The van der Waals surface area contributed by atoms with Crippen molar-refractivity contribution in [1.29, 1.82) is 0 Å². The Labute approximate surface area is 81.1 Å². The molecule has 0 aliphatic heterocycles. The highest BCUT2D eigenvalue weighted by Gasteiger charge is 2.17. The Bertz CT molecular complexity index is 131. The molecule has 0 radical (unpaired) electrons. The van der Waals surface area contributed by atoms with Crippen LogP contribution in [0.2, 0.25) is 0 Å². The van der Waals surface area contributed by atoms with Crippen molar-refractivity contribution in [3.05, 3.63) is 11.1 Å². The molecule has 0 nitrogen and oxygen atoms in total. The number of hydrogen-bond acceptors (Lipinski definition) is 0. The van der Waals surface area contributed by atoms with Gasteiger partial charge in [0, 0.05) is 5.03 Å². The van der Waals surface area contributed by atoms with Crippen molar-refractivity contribution in [2.75, 3.05) is 0 Å². The molecule has 0 aliphatic rings. The molecule has 0 bridgehead atoms. The summed E-state index contributed by atoms with van der Waals surface area (Å²) in [5.74, 6) is 0.206. The van der Waals surface area contributed by atoms with Crippen molar-refractivity contribution in [3.8, 4) is 0 Å². The zero-order valence-electron chi connectivity index (χ0n) is 5.67. The summed E-state index contributed by atoms with van der Waals surface area (Å²) >= 11 is 22.0. The summed E-state index contributed by atoms with van der Waals surface area (Å²) < 4.78 is -1.37. The van der Waals surface area contributed by atoms with Gasteiger partial charge in [-0.1, -0.05) is 60.3 Å². The van der Waals surface area contributed by atoms with E-state index in [9.17, 15) is 0 Å². The molecule has 0 aromatic heterocycles. The number of alkyl halides is 3. The predicted molar refractivity (Wildman–Crippen MR) is 49.1 cm³/mol.